The maximum absolute atomic E-state index is 12.7. The van der Waals surface area contributed by atoms with E-state index >= 15 is 0 Å². The molecule has 0 saturated heterocycles. The van der Waals surface area contributed by atoms with E-state index in [4.69, 9.17) is 4.74 Å². The van der Waals surface area contributed by atoms with Crippen LogP contribution in [0.3, 0.4) is 0 Å². The zero-order valence-electron chi connectivity index (χ0n) is 16.1. The summed E-state index contributed by atoms with van der Waals surface area (Å²) >= 11 is 0. The van der Waals surface area contributed by atoms with Crippen LogP contribution >= 0.6 is 0 Å². The quantitative estimate of drug-likeness (QED) is 0.897. The van der Waals surface area contributed by atoms with Crippen molar-refractivity contribution in [2.45, 2.75) is 38.6 Å². The first-order valence-electron chi connectivity index (χ1n) is 9.83. The molecule has 0 aliphatic carbocycles. The van der Waals surface area contributed by atoms with Crippen molar-refractivity contribution in [3.63, 3.8) is 0 Å². The summed E-state index contributed by atoms with van der Waals surface area (Å²) in [6.07, 6.45) is 9.45. The van der Waals surface area contributed by atoms with E-state index in [9.17, 15) is 4.79 Å². The lowest BCUT2D eigenvalue weighted by atomic mass is 10.0. The van der Waals surface area contributed by atoms with Gasteiger partial charge in [0.1, 0.15) is 6.61 Å². The van der Waals surface area contributed by atoms with E-state index in [0.717, 1.165) is 54.9 Å². The first-order valence-corrected chi connectivity index (χ1v) is 9.83. The Morgan fingerprint density at radius 2 is 1.85 bits per heavy atom. The molecule has 0 saturated carbocycles. The highest BCUT2D eigenvalue weighted by Crippen LogP contribution is 2.28. The maximum atomic E-state index is 12.7. The van der Waals surface area contributed by atoms with Crippen LogP contribution in [0, 0.1) is 0 Å². The third kappa shape index (κ3) is 5.37. The van der Waals surface area contributed by atoms with Crippen molar-refractivity contribution < 1.29 is 9.53 Å². The number of hydrogen-bond donors (Lipinski definition) is 1. The van der Waals surface area contributed by atoms with E-state index in [2.05, 4.69) is 28.5 Å². The second kappa shape index (κ2) is 10.2. The van der Waals surface area contributed by atoms with E-state index in [0.29, 0.717) is 0 Å². The zero-order chi connectivity index (χ0) is 18.9. The molecule has 1 aromatic heterocycles. The van der Waals surface area contributed by atoms with Gasteiger partial charge in [0.05, 0.1) is 0 Å². The van der Waals surface area contributed by atoms with Gasteiger partial charge in [-0.2, -0.15) is 0 Å². The number of hydrogen-bond acceptors (Lipinski definition) is 4. The second-order valence-corrected chi connectivity index (χ2v) is 7.00. The summed E-state index contributed by atoms with van der Waals surface area (Å²) in [5, 5.41) is 3.55. The Hall–Kier alpha value is -2.24. The molecule has 1 N–H and O–H groups in total. The number of ether oxygens (including phenoxy) is 1. The Bertz CT molecular complexity index is 734. The fourth-order valence-electron chi connectivity index (χ4n) is 3.57. The Balaban J connectivity index is 1.95. The molecule has 1 amide bonds. The minimum atomic E-state index is 0.0208. The fraction of sp³-hybridized carbons (Fsp3) is 0.455. The molecule has 0 bridgehead atoms. The first-order chi connectivity index (χ1) is 13.3. The summed E-state index contributed by atoms with van der Waals surface area (Å²) in [4.78, 5) is 18.7. The minimum absolute atomic E-state index is 0.0208. The summed E-state index contributed by atoms with van der Waals surface area (Å²) in [6.45, 7) is 2.61. The molecule has 27 heavy (non-hydrogen) atoms. The van der Waals surface area contributed by atoms with Crippen molar-refractivity contribution in [1.82, 2.24) is 10.3 Å². The number of nitrogens with one attached hydrogen (secondary N) is 1. The van der Waals surface area contributed by atoms with E-state index in [-0.39, 0.29) is 12.5 Å². The highest BCUT2D eigenvalue weighted by molar-refractivity contribution is 5.95. The first kappa shape index (κ1) is 19.5. The van der Waals surface area contributed by atoms with Gasteiger partial charge in [-0.3, -0.25) is 9.78 Å². The molecule has 5 nitrogen and oxygen atoms in total. The van der Waals surface area contributed by atoms with Crippen molar-refractivity contribution in [3.8, 4) is 11.1 Å². The predicted octanol–water partition coefficient (Wildman–Crippen LogP) is 3.78. The van der Waals surface area contributed by atoms with Crippen molar-refractivity contribution in [1.29, 1.82) is 0 Å². The van der Waals surface area contributed by atoms with Gasteiger partial charge >= 0.3 is 0 Å². The Morgan fingerprint density at radius 1 is 1.07 bits per heavy atom. The van der Waals surface area contributed by atoms with Gasteiger partial charge in [0.2, 0.25) is 0 Å². The Morgan fingerprint density at radius 3 is 2.67 bits per heavy atom. The summed E-state index contributed by atoms with van der Waals surface area (Å²) in [7, 11) is 1.57. The number of nitrogens with zero attached hydrogens (tertiary/aromatic N) is 2. The van der Waals surface area contributed by atoms with Crippen molar-refractivity contribution in [2.24, 2.45) is 0 Å². The number of amides is 1. The fourth-order valence-corrected chi connectivity index (χ4v) is 3.57. The van der Waals surface area contributed by atoms with Gasteiger partial charge in [-0.15, -0.1) is 0 Å². The molecule has 0 fully saturated rings. The lowest BCUT2D eigenvalue weighted by Crippen LogP contribution is -2.36. The summed E-state index contributed by atoms with van der Waals surface area (Å²) in [5.41, 5.74) is 4.41. The zero-order valence-corrected chi connectivity index (χ0v) is 16.1. The van der Waals surface area contributed by atoms with Crippen molar-refractivity contribution >= 4 is 11.6 Å². The number of rotatable bonds is 3. The normalized spacial score (nSPS) is 16.1. The summed E-state index contributed by atoms with van der Waals surface area (Å²) < 4.78 is 5.12. The van der Waals surface area contributed by atoms with Crippen LogP contribution in [0.25, 0.3) is 11.1 Å². The molecular formula is C22H29N3O2. The molecule has 1 aliphatic rings. The van der Waals surface area contributed by atoms with Crippen LogP contribution in [0.15, 0.2) is 42.7 Å². The number of fused-ring (bicyclic) bond motifs is 1. The van der Waals surface area contributed by atoms with Gasteiger partial charge in [-0.05, 0) is 60.3 Å². The average molecular weight is 367 g/mol. The molecular weight excluding hydrogens is 338 g/mol. The molecule has 1 aromatic carbocycles. The van der Waals surface area contributed by atoms with Crippen molar-refractivity contribution in [3.05, 3.63) is 48.3 Å². The molecule has 144 valence electrons. The predicted molar refractivity (Wildman–Crippen MR) is 109 cm³/mol. The number of anilines is 1. The molecule has 0 radical (unpaired) electrons. The molecule has 2 heterocycles. The number of pyridine rings is 1. The van der Waals surface area contributed by atoms with Gasteiger partial charge in [-0.25, -0.2) is 0 Å². The van der Waals surface area contributed by atoms with Crippen LogP contribution in [-0.4, -0.2) is 37.7 Å². The lowest BCUT2D eigenvalue weighted by Gasteiger charge is -2.26. The van der Waals surface area contributed by atoms with Crippen LogP contribution in [-0.2, 0) is 16.1 Å². The van der Waals surface area contributed by atoms with Crippen LogP contribution in [0.4, 0.5) is 5.69 Å². The average Bonchev–Trinajstić information content (AvgIpc) is 2.69. The smallest absolute Gasteiger partial charge is 0.252 e. The third-order valence-electron chi connectivity index (χ3n) is 5.00. The standard InChI is InChI=1S/C22H29N3O2/c1-27-17-22(26)25-14-6-4-2-3-5-11-24-16-20-15-19(7-8-21(20)25)18-9-12-23-13-10-18/h7-10,12-13,15,24H,2-6,11,14,16-17H2,1H3. The number of aromatic nitrogens is 1. The maximum Gasteiger partial charge on any atom is 0.252 e. The monoisotopic (exact) mass is 367 g/mol. The molecule has 1 aliphatic heterocycles. The molecule has 2 aromatic rings. The van der Waals surface area contributed by atoms with Crippen LogP contribution in [0.1, 0.15) is 37.7 Å². The van der Waals surface area contributed by atoms with E-state index in [1.165, 1.54) is 19.3 Å². The molecule has 3 rings (SSSR count). The SMILES string of the molecule is COCC(=O)N1CCCCCCCNCc2cc(-c3ccncc3)ccc21. The van der Waals surface area contributed by atoms with E-state index in [1.807, 2.05) is 29.4 Å². The van der Waals surface area contributed by atoms with Crippen LogP contribution in [0.5, 0.6) is 0 Å². The van der Waals surface area contributed by atoms with Gasteiger partial charge in [0.15, 0.2) is 0 Å². The molecule has 5 heteroatoms. The third-order valence-corrected chi connectivity index (χ3v) is 5.00. The van der Waals surface area contributed by atoms with E-state index in [1.54, 1.807) is 7.11 Å². The minimum Gasteiger partial charge on any atom is -0.375 e. The van der Waals surface area contributed by atoms with Crippen LogP contribution in [0.2, 0.25) is 0 Å². The topological polar surface area (TPSA) is 54.5 Å². The highest BCUT2D eigenvalue weighted by atomic mass is 16.5. The lowest BCUT2D eigenvalue weighted by molar-refractivity contribution is -0.122. The number of carbonyl (C=O) groups excluding carboxylic acids is 1. The number of carbonyl (C=O) groups is 1. The second-order valence-electron chi connectivity index (χ2n) is 7.00. The summed E-state index contributed by atoms with van der Waals surface area (Å²) in [5.74, 6) is 0.0208. The van der Waals surface area contributed by atoms with E-state index < -0.39 is 0 Å². The Labute approximate surface area is 161 Å². The van der Waals surface area contributed by atoms with Gasteiger partial charge in [0.25, 0.3) is 5.91 Å². The van der Waals surface area contributed by atoms with Gasteiger partial charge < -0.3 is 15.0 Å². The van der Waals surface area contributed by atoms with Crippen molar-refractivity contribution in [2.75, 3.05) is 31.7 Å². The molecule has 0 unspecified atom stereocenters. The van der Waals surface area contributed by atoms with Crippen LogP contribution < -0.4 is 10.2 Å². The number of benzene rings is 1. The molecule has 0 atom stereocenters. The highest BCUT2D eigenvalue weighted by Gasteiger charge is 2.19. The van der Waals surface area contributed by atoms with Gasteiger partial charge in [0, 0.05) is 38.3 Å². The Kier molecular flexibility index (Phi) is 7.36. The van der Waals surface area contributed by atoms with Gasteiger partial charge in [-0.1, -0.05) is 25.3 Å². The summed E-state index contributed by atoms with van der Waals surface area (Å²) in [6, 6.07) is 10.4. The molecule has 0 spiro atoms. The number of methoxy groups -OCH3 is 1. The largest absolute Gasteiger partial charge is 0.375 e.